The van der Waals surface area contributed by atoms with Gasteiger partial charge in [0.15, 0.2) is 0 Å². The van der Waals surface area contributed by atoms with Crippen molar-refractivity contribution in [3.63, 3.8) is 0 Å². The maximum absolute atomic E-state index is 13.5. The van der Waals surface area contributed by atoms with Crippen LogP contribution >= 0.6 is 23.2 Å². The highest BCUT2D eigenvalue weighted by Gasteiger charge is 2.31. The van der Waals surface area contributed by atoms with Crippen LogP contribution in [-0.4, -0.2) is 68.1 Å². The summed E-state index contributed by atoms with van der Waals surface area (Å²) in [6, 6.07) is 18.2. The van der Waals surface area contributed by atoms with Crippen molar-refractivity contribution in [1.29, 1.82) is 0 Å². The lowest BCUT2D eigenvalue weighted by Crippen LogP contribution is -2.47. The number of fused-ring (bicyclic) bond motifs is 1. The molecule has 8 nitrogen and oxygen atoms in total. The second-order valence-electron chi connectivity index (χ2n) is 10.6. The number of carbonyl (C=O) groups excluding carboxylic acids is 1. The number of ether oxygens (including phenoxy) is 1. The van der Waals surface area contributed by atoms with Crippen LogP contribution in [0, 0.1) is 5.92 Å². The zero-order valence-electron chi connectivity index (χ0n) is 23.3. The maximum atomic E-state index is 13.5. The van der Waals surface area contributed by atoms with Crippen LogP contribution in [0.5, 0.6) is 5.75 Å². The predicted molar refractivity (Wildman–Crippen MR) is 162 cm³/mol. The zero-order valence-corrected chi connectivity index (χ0v) is 25.6. The largest absolute Gasteiger partial charge is 0.488 e. The molecule has 1 heterocycles. The van der Waals surface area contributed by atoms with Crippen LogP contribution in [-0.2, 0) is 27.8 Å². The highest BCUT2D eigenvalue weighted by atomic mass is 35.5. The first-order valence-electron chi connectivity index (χ1n) is 13.4. The van der Waals surface area contributed by atoms with E-state index in [1.54, 1.807) is 54.3 Å². The summed E-state index contributed by atoms with van der Waals surface area (Å²) in [5.41, 5.74) is 1.88. The molecule has 0 fully saturated rings. The number of aliphatic hydroxyl groups is 1. The first-order chi connectivity index (χ1) is 19.5. The van der Waals surface area contributed by atoms with Gasteiger partial charge in [-0.1, -0.05) is 54.4 Å². The predicted octanol–water partition coefficient (Wildman–Crippen LogP) is 5.08. The number of rotatable bonds is 9. The number of hydrogen-bond donors (Lipinski definition) is 2. The third kappa shape index (κ3) is 7.93. The fraction of sp³-hybridized carbons (Fsp3) is 0.367. The number of carbonyl (C=O) groups is 1. The minimum absolute atomic E-state index is 0.000862. The Morgan fingerprint density at radius 1 is 1.10 bits per heavy atom. The Labute approximate surface area is 251 Å². The second kappa shape index (κ2) is 13.4. The molecule has 3 aromatic carbocycles. The van der Waals surface area contributed by atoms with Gasteiger partial charge in [-0.2, -0.15) is 0 Å². The van der Waals surface area contributed by atoms with Gasteiger partial charge in [0.25, 0.3) is 10.0 Å². The van der Waals surface area contributed by atoms with Crippen molar-refractivity contribution in [2.75, 3.05) is 31.5 Å². The number of benzene rings is 3. The molecule has 220 valence electrons. The molecule has 0 bridgehead atoms. The summed E-state index contributed by atoms with van der Waals surface area (Å²) < 4.78 is 35.0. The molecule has 0 aromatic heterocycles. The first kappa shape index (κ1) is 31.1. The average Bonchev–Trinajstić information content (AvgIpc) is 2.98. The quantitative estimate of drug-likeness (QED) is 0.347. The highest BCUT2D eigenvalue weighted by molar-refractivity contribution is 7.92. The molecule has 1 aliphatic rings. The molecule has 0 radical (unpaired) electrons. The second-order valence-corrected chi connectivity index (χ2v) is 13.1. The van der Waals surface area contributed by atoms with Crippen LogP contribution in [0.1, 0.15) is 25.0 Å². The summed E-state index contributed by atoms with van der Waals surface area (Å²) in [7, 11) is -1.84. The van der Waals surface area contributed by atoms with Crippen LogP contribution < -0.4 is 9.46 Å². The molecule has 0 unspecified atom stereocenters. The molecule has 3 aromatic rings. The van der Waals surface area contributed by atoms with Crippen molar-refractivity contribution in [3.05, 3.63) is 87.9 Å². The van der Waals surface area contributed by atoms with E-state index in [0.717, 1.165) is 5.56 Å². The van der Waals surface area contributed by atoms with E-state index in [-0.39, 0.29) is 41.9 Å². The van der Waals surface area contributed by atoms with Crippen LogP contribution in [0.2, 0.25) is 10.0 Å². The monoisotopic (exact) mass is 619 g/mol. The van der Waals surface area contributed by atoms with E-state index in [2.05, 4.69) is 9.62 Å². The highest BCUT2D eigenvalue weighted by Crippen LogP contribution is 2.30. The van der Waals surface area contributed by atoms with Gasteiger partial charge in [0.2, 0.25) is 5.91 Å². The zero-order chi connectivity index (χ0) is 29.7. The lowest BCUT2D eigenvalue weighted by molar-refractivity contribution is -0.134. The van der Waals surface area contributed by atoms with E-state index in [4.69, 9.17) is 27.9 Å². The summed E-state index contributed by atoms with van der Waals surface area (Å²) in [5, 5.41) is 10.9. The SMILES string of the molecule is C[C@H](CO)N1C[C@H](C)[C@H](CN(C)Cc2ccc(Cl)c(Cl)c2)Oc2ccc(NS(=O)(=O)c3ccccc3)cc2CC1=O. The molecule has 1 amide bonds. The summed E-state index contributed by atoms with van der Waals surface area (Å²) in [4.78, 5) is 17.4. The summed E-state index contributed by atoms with van der Waals surface area (Å²) in [5.74, 6) is 0.266. The van der Waals surface area contributed by atoms with Gasteiger partial charge in [0.1, 0.15) is 11.9 Å². The van der Waals surface area contributed by atoms with Crippen LogP contribution in [0.3, 0.4) is 0 Å². The number of amides is 1. The number of aliphatic hydroxyl groups excluding tert-OH is 1. The molecule has 3 atom stereocenters. The molecule has 0 saturated carbocycles. The Hall–Kier alpha value is -2.82. The van der Waals surface area contributed by atoms with Crippen LogP contribution in [0.15, 0.2) is 71.6 Å². The van der Waals surface area contributed by atoms with Crippen molar-refractivity contribution in [1.82, 2.24) is 9.80 Å². The van der Waals surface area contributed by atoms with E-state index < -0.39 is 10.0 Å². The van der Waals surface area contributed by atoms with E-state index in [0.29, 0.717) is 46.7 Å². The first-order valence-corrected chi connectivity index (χ1v) is 15.6. The summed E-state index contributed by atoms with van der Waals surface area (Å²) in [6.07, 6.45) is -0.313. The molecule has 0 aliphatic carbocycles. The molecular weight excluding hydrogens is 585 g/mol. The Morgan fingerprint density at radius 3 is 2.51 bits per heavy atom. The lowest BCUT2D eigenvalue weighted by atomic mass is 10.0. The standard InChI is InChI=1S/C30H35Cl2N3O5S/c1-20-16-35(21(2)19-36)30(37)15-23-14-24(33-41(38,39)25-7-5-4-6-8-25)10-12-28(23)40-29(20)18-34(3)17-22-9-11-26(31)27(32)13-22/h4-14,20-21,29,33,36H,15-19H2,1-3H3/t20-,21+,29-/m0/s1. The van der Waals surface area contributed by atoms with Crippen molar-refractivity contribution < 1.29 is 23.1 Å². The van der Waals surface area contributed by atoms with Crippen molar-refractivity contribution in [2.45, 2.75) is 43.9 Å². The normalized spacial score (nSPS) is 18.6. The number of nitrogens with one attached hydrogen (secondary N) is 1. The Bertz CT molecular complexity index is 1470. The van der Waals surface area contributed by atoms with Gasteiger partial charge in [-0.3, -0.25) is 14.4 Å². The van der Waals surface area contributed by atoms with Gasteiger partial charge in [0.05, 0.1) is 34.0 Å². The van der Waals surface area contributed by atoms with E-state index in [1.165, 1.54) is 12.1 Å². The number of likely N-dealkylation sites (N-methyl/N-ethyl adjacent to an activating group) is 1. The third-order valence-electron chi connectivity index (χ3n) is 7.15. The topological polar surface area (TPSA) is 99.2 Å². The van der Waals surface area contributed by atoms with Crippen molar-refractivity contribution in [3.8, 4) is 5.75 Å². The van der Waals surface area contributed by atoms with Gasteiger partial charge in [0, 0.05) is 36.8 Å². The minimum atomic E-state index is -3.82. The van der Waals surface area contributed by atoms with Gasteiger partial charge < -0.3 is 14.7 Å². The third-order valence-corrected chi connectivity index (χ3v) is 9.29. The van der Waals surface area contributed by atoms with E-state index >= 15 is 0 Å². The molecule has 4 rings (SSSR count). The van der Waals surface area contributed by atoms with Gasteiger partial charge in [-0.15, -0.1) is 0 Å². The molecule has 41 heavy (non-hydrogen) atoms. The molecule has 0 saturated heterocycles. The number of nitrogens with zero attached hydrogens (tertiary/aromatic N) is 2. The number of sulfonamides is 1. The van der Waals surface area contributed by atoms with E-state index in [1.807, 2.05) is 26.1 Å². The molecule has 0 spiro atoms. The summed E-state index contributed by atoms with van der Waals surface area (Å²) >= 11 is 12.3. The van der Waals surface area contributed by atoms with Gasteiger partial charge in [-0.25, -0.2) is 8.42 Å². The van der Waals surface area contributed by atoms with Gasteiger partial charge in [-0.05, 0) is 62.0 Å². The smallest absolute Gasteiger partial charge is 0.261 e. The summed E-state index contributed by atoms with van der Waals surface area (Å²) in [6.45, 7) is 5.19. The molecule has 11 heteroatoms. The fourth-order valence-electron chi connectivity index (χ4n) is 4.85. The Kier molecular flexibility index (Phi) is 10.2. The number of anilines is 1. The fourth-order valence-corrected chi connectivity index (χ4v) is 6.24. The van der Waals surface area contributed by atoms with E-state index in [9.17, 15) is 18.3 Å². The molecule has 1 aliphatic heterocycles. The minimum Gasteiger partial charge on any atom is -0.488 e. The lowest BCUT2D eigenvalue weighted by Gasteiger charge is -2.34. The maximum Gasteiger partial charge on any atom is 0.261 e. The van der Waals surface area contributed by atoms with Gasteiger partial charge >= 0.3 is 0 Å². The number of hydrogen-bond acceptors (Lipinski definition) is 6. The Balaban J connectivity index is 1.62. The van der Waals surface area contributed by atoms with Crippen LogP contribution in [0.4, 0.5) is 5.69 Å². The van der Waals surface area contributed by atoms with Crippen molar-refractivity contribution in [2.24, 2.45) is 5.92 Å². The van der Waals surface area contributed by atoms with Crippen LogP contribution in [0.25, 0.3) is 0 Å². The number of halogens is 2. The molecule has 2 N–H and O–H groups in total. The molecular formula is C30H35Cl2N3O5S. The Morgan fingerprint density at radius 2 is 1.83 bits per heavy atom. The average molecular weight is 621 g/mol. The van der Waals surface area contributed by atoms with Crippen molar-refractivity contribution >= 4 is 44.8 Å².